The van der Waals surface area contributed by atoms with Crippen LogP contribution in [-0.2, 0) is 4.74 Å². The van der Waals surface area contributed by atoms with E-state index in [-0.39, 0.29) is 16.9 Å². The molecule has 2 rings (SSSR count). The number of hydrogen-bond donors (Lipinski definition) is 0. The Morgan fingerprint density at radius 3 is 2.94 bits per heavy atom. The van der Waals surface area contributed by atoms with Crippen LogP contribution in [0.2, 0.25) is 5.28 Å². The molecule has 1 fully saturated rings. The summed E-state index contributed by atoms with van der Waals surface area (Å²) in [6.07, 6.45) is 2.81. The molecule has 0 bridgehead atoms. The van der Waals surface area contributed by atoms with Gasteiger partial charge in [0.15, 0.2) is 0 Å². The van der Waals surface area contributed by atoms with Gasteiger partial charge in [0.05, 0.1) is 11.5 Å². The van der Waals surface area contributed by atoms with Crippen LogP contribution in [0.1, 0.15) is 12.8 Å². The lowest BCUT2D eigenvalue weighted by Crippen LogP contribution is -2.22. The topological polar surface area (TPSA) is 87.4 Å². The zero-order chi connectivity index (χ0) is 13.0. The maximum absolute atomic E-state index is 10.8. The van der Waals surface area contributed by atoms with Crippen molar-refractivity contribution < 1.29 is 14.4 Å². The minimum Gasteiger partial charge on any atom is -0.472 e. The highest BCUT2D eigenvalue weighted by Crippen LogP contribution is 2.26. The normalized spacial score (nSPS) is 16.5. The first-order chi connectivity index (χ1) is 8.66. The van der Waals surface area contributed by atoms with E-state index in [0.29, 0.717) is 25.7 Å². The molecule has 1 aromatic rings. The summed E-state index contributed by atoms with van der Waals surface area (Å²) in [4.78, 5) is 17.5. The van der Waals surface area contributed by atoms with Crippen LogP contribution in [0.3, 0.4) is 0 Å². The van der Waals surface area contributed by atoms with Crippen molar-refractivity contribution in [3.05, 3.63) is 21.6 Å². The van der Waals surface area contributed by atoms with Crippen LogP contribution in [-0.4, -0.2) is 34.7 Å². The Morgan fingerprint density at radius 2 is 2.28 bits per heavy atom. The zero-order valence-electron chi connectivity index (χ0n) is 9.54. The number of hydrogen-bond acceptors (Lipinski definition) is 6. The predicted octanol–water partition coefficient (Wildman–Crippen LogP) is 1.84. The zero-order valence-corrected chi connectivity index (χ0v) is 10.3. The molecule has 98 valence electrons. The monoisotopic (exact) mass is 273 g/mol. The number of halogens is 1. The van der Waals surface area contributed by atoms with E-state index in [9.17, 15) is 10.1 Å². The first-order valence-electron chi connectivity index (χ1n) is 5.54. The summed E-state index contributed by atoms with van der Waals surface area (Å²) in [7, 11) is 0. The molecule has 0 aliphatic carbocycles. The summed E-state index contributed by atoms with van der Waals surface area (Å²) >= 11 is 5.60. The highest BCUT2D eigenvalue weighted by atomic mass is 35.5. The van der Waals surface area contributed by atoms with E-state index >= 15 is 0 Å². The fourth-order valence-corrected chi connectivity index (χ4v) is 1.81. The molecule has 0 saturated carbocycles. The maximum Gasteiger partial charge on any atom is 0.349 e. The number of nitro groups is 1. The molecule has 0 N–H and O–H groups in total. The second kappa shape index (κ2) is 5.92. The molecular formula is C10H12ClN3O4. The van der Waals surface area contributed by atoms with Crippen LogP contribution in [0.25, 0.3) is 0 Å². The quantitative estimate of drug-likeness (QED) is 0.472. The van der Waals surface area contributed by atoms with E-state index in [1.807, 2.05) is 0 Å². The van der Waals surface area contributed by atoms with Gasteiger partial charge in [-0.2, -0.15) is 4.98 Å². The van der Waals surface area contributed by atoms with Crippen molar-refractivity contribution in [3.63, 3.8) is 0 Å². The van der Waals surface area contributed by atoms with E-state index in [4.69, 9.17) is 21.1 Å². The maximum atomic E-state index is 10.8. The minimum atomic E-state index is -0.588. The summed E-state index contributed by atoms with van der Waals surface area (Å²) in [5.41, 5.74) is -0.272. The summed E-state index contributed by atoms with van der Waals surface area (Å²) in [5, 5.41) is 10.7. The minimum absolute atomic E-state index is 0.0671. The van der Waals surface area contributed by atoms with Crippen molar-refractivity contribution in [1.29, 1.82) is 0 Å². The molecule has 7 nitrogen and oxygen atoms in total. The molecular weight excluding hydrogens is 262 g/mol. The highest BCUT2D eigenvalue weighted by Gasteiger charge is 2.21. The van der Waals surface area contributed by atoms with Gasteiger partial charge in [-0.3, -0.25) is 10.1 Å². The molecule has 0 atom stereocenters. The number of nitrogens with zero attached hydrogens (tertiary/aromatic N) is 3. The third-order valence-corrected chi connectivity index (χ3v) is 2.88. The SMILES string of the molecule is O=[N+]([O-])c1cnc(Cl)nc1OCC1CCOCC1. The Labute approximate surface area is 108 Å². The van der Waals surface area contributed by atoms with Crippen molar-refractivity contribution in [2.75, 3.05) is 19.8 Å². The molecule has 1 aliphatic heterocycles. The van der Waals surface area contributed by atoms with Crippen LogP contribution in [0.5, 0.6) is 5.88 Å². The Morgan fingerprint density at radius 1 is 1.56 bits per heavy atom. The molecule has 0 amide bonds. The molecule has 1 aromatic heterocycles. The van der Waals surface area contributed by atoms with E-state index in [1.165, 1.54) is 0 Å². The molecule has 0 aromatic carbocycles. The first kappa shape index (κ1) is 13.0. The van der Waals surface area contributed by atoms with Crippen molar-refractivity contribution in [3.8, 4) is 5.88 Å². The van der Waals surface area contributed by atoms with Gasteiger partial charge in [-0.25, -0.2) is 4.98 Å². The van der Waals surface area contributed by atoms with Gasteiger partial charge in [0.25, 0.3) is 5.88 Å². The van der Waals surface area contributed by atoms with Crippen molar-refractivity contribution in [1.82, 2.24) is 9.97 Å². The molecule has 1 saturated heterocycles. The van der Waals surface area contributed by atoms with Crippen molar-refractivity contribution in [2.24, 2.45) is 5.92 Å². The number of rotatable bonds is 4. The summed E-state index contributed by atoms with van der Waals surface area (Å²) in [6.45, 7) is 1.76. The summed E-state index contributed by atoms with van der Waals surface area (Å²) in [6, 6.07) is 0. The van der Waals surface area contributed by atoms with Crippen LogP contribution in [0.4, 0.5) is 5.69 Å². The second-order valence-corrected chi connectivity index (χ2v) is 4.29. The van der Waals surface area contributed by atoms with Crippen LogP contribution in [0.15, 0.2) is 6.20 Å². The lowest BCUT2D eigenvalue weighted by atomic mass is 10.0. The Bertz CT molecular complexity index is 437. The van der Waals surface area contributed by atoms with Gasteiger partial charge in [0, 0.05) is 13.2 Å². The molecule has 2 heterocycles. The Kier molecular flexibility index (Phi) is 4.27. The van der Waals surface area contributed by atoms with Crippen molar-refractivity contribution >= 4 is 17.3 Å². The fourth-order valence-electron chi connectivity index (χ4n) is 1.68. The lowest BCUT2D eigenvalue weighted by Gasteiger charge is -2.21. The third kappa shape index (κ3) is 3.27. The number of ether oxygens (including phenoxy) is 2. The predicted molar refractivity (Wildman–Crippen MR) is 62.7 cm³/mol. The smallest absolute Gasteiger partial charge is 0.349 e. The molecule has 0 radical (unpaired) electrons. The standard InChI is InChI=1S/C10H12ClN3O4/c11-10-12-5-8(14(15)16)9(13-10)18-6-7-1-3-17-4-2-7/h5,7H,1-4,6H2. The summed E-state index contributed by atoms with van der Waals surface area (Å²) < 4.78 is 10.6. The largest absolute Gasteiger partial charge is 0.472 e. The second-order valence-electron chi connectivity index (χ2n) is 3.95. The van der Waals surface area contributed by atoms with Gasteiger partial charge in [-0.05, 0) is 30.4 Å². The average Bonchev–Trinajstić information content (AvgIpc) is 2.37. The van der Waals surface area contributed by atoms with E-state index in [1.54, 1.807) is 0 Å². The van der Waals surface area contributed by atoms with Crippen LogP contribution >= 0.6 is 11.6 Å². The molecule has 1 aliphatic rings. The molecule has 0 spiro atoms. The first-order valence-corrected chi connectivity index (χ1v) is 5.92. The van der Waals surface area contributed by atoms with Gasteiger partial charge >= 0.3 is 5.69 Å². The van der Waals surface area contributed by atoms with Crippen LogP contribution in [0, 0.1) is 16.0 Å². The Hall–Kier alpha value is -1.47. The van der Waals surface area contributed by atoms with Gasteiger partial charge in [-0.15, -0.1) is 0 Å². The third-order valence-electron chi connectivity index (χ3n) is 2.70. The molecule has 18 heavy (non-hydrogen) atoms. The van der Waals surface area contributed by atoms with Gasteiger partial charge in [0.2, 0.25) is 5.28 Å². The molecule has 0 unspecified atom stereocenters. The van der Waals surface area contributed by atoms with Gasteiger partial charge in [-0.1, -0.05) is 0 Å². The Balaban J connectivity index is 2.03. The van der Waals surface area contributed by atoms with Gasteiger partial charge < -0.3 is 9.47 Å². The van der Waals surface area contributed by atoms with E-state index < -0.39 is 4.92 Å². The van der Waals surface area contributed by atoms with Crippen LogP contribution < -0.4 is 4.74 Å². The molecule has 8 heteroatoms. The number of aromatic nitrogens is 2. The average molecular weight is 274 g/mol. The van der Waals surface area contributed by atoms with E-state index in [2.05, 4.69) is 9.97 Å². The summed E-state index contributed by atoms with van der Waals surface area (Å²) in [5.74, 6) is 0.249. The van der Waals surface area contributed by atoms with Gasteiger partial charge in [0.1, 0.15) is 6.20 Å². The lowest BCUT2D eigenvalue weighted by molar-refractivity contribution is -0.386. The van der Waals surface area contributed by atoms with Crippen molar-refractivity contribution in [2.45, 2.75) is 12.8 Å². The fraction of sp³-hybridized carbons (Fsp3) is 0.600. The van der Waals surface area contributed by atoms with E-state index in [0.717, 1.165) is 19.0 Å². The highest BCUT2D eigenvalue weighted by molar-refractivity contribution is 6.28.